The van der Waals surface area contributed by atoms with Gasteiger partial charge in [0.05, 0.1) is 13.2 Å². The molecule has 9 nitrogen and oxygen atoms in total. The number of ether oxygens (including phenoxy) is 4. The van der Waals surface area contributed by atoms with Gasteiger partial charge in [0.15, 0.2) is 11.6 Å². The van der Waals surface area contributed by atoms with Crippen molar-refractivity contribution >= 4 is 17.3 Å². The summed E-state index contributed by atoms with van der Waals surface area (Å²) in [5.41, 5.74) is 2.96. The van der Waals surface area contributed by atoms with Crippen LogP contribution in [0.3, 0.4) is 0 Å². The standard InChI is InChI=1S/C55H56N2O7/c1-3-41(43-19-13-25-49(33-43)61-37-39-15-7-5-8-16-39)35-51(58)45-21-11-23-47(31-45)54(56-27-29-63-54)53(60)55(57-28-30-64-55)48-24-12-22-46(32-48)52(59)36-42(4-2)44-20-14-26-50(34-44)62-38-40-17-9-6-10-18-40/h5-26,31-34,41-42,56-57H,3-4,27-30,35-38H2,1-2H3/t41-,42-,54?,55?/m1/s1. The van der Waals surface area contributed by atoms with Crippen molar-refractivity contribution in [3.8, 4) is 11.5 Å². The van der Waals surface area contributed by atoms with Crippen molar-refractivity contribution in [2.24, 2.45) is 0 Å². The molecule has 2 aliphatic heterocycles. The maximum absolute atomic E-state index is 15.3. The molecule has 2 N–H and O–H groups in total. The number of carbonyl (C=O) groups is 3. The van der Waals surface area contributed by atoms with Crippen LogP contribution in [-0.2, 0) is 38.9 Å². The second-order valence-electron chi connectivity index (χ2n) is 16.6. The molecule has 2 aliphatic rings. The van der Waals surface area contributed by atoms with Crippen molar-refractivity contribution in [2.45, 2.75) is 76.0 Å². The fourth-order valence-corrected chi connectivity index (χ4v) is 8.84. The van der Waals surface area contributed by atoms with Gasteiger partial charge < -0.3 is 18.9 Å². The molecule has 0 aromatic heterocycles. The molecule has 2 saturated heterocycles. The Labute approximate surface area is 376 Å². The SMILES string of the molecule is CC[C@H](CC(=O)c1cccc(C2(C(=O)C3(c4cccc(C(=O)C[C@@H](CC)c5cccc(OCc6ccccc6)c5)c4)NCCO3)NCCO2)c1)c1cccc(OCc2ccccc2)c1. The number of hydrogen-bond donors (Lipinski definition) is 2. The van der Waals surface area contributed by atoms with Gasteiger partial charge in [-0.15, -0.1) is 0 Å². The van der Waals surface area contributed by atoms with E-state index in [-0.39, 0.29) is 49.5 Å². The zero-order valence-electron chi connectivity index (χ0n) is 36.6. The summed E-state index contributed by atoms with van der Waals surface area (Å²) in [6, 6.07) is 50.3. The fourth-order valence-electron chi connectivity index (χ4n) is 8.84. The first-order chi connectivity index (χ1) is 31.3. The lowest BCUT2D eigenvalue weighted by atomic mass is 9.84. The molecule has 0 amide bonds. The van der Waals surface area contributed by atoms with Crippen molar-refractivity contribution in [3.05, 3.63) is 202 Å². The monoisotopic (exact) mass is 856 g/mol. The van der Waals surface area contributed by atoms with Crippen molar-refractivity contribution in [1.29, 1.82) is 0 Å². The van der Waals surface area contributed by atoms with Gasteiger partial charge in [-0.2, -0.15) is 0 Å². The van der Waals surface area contributed by atoms with Gasteiger partial charge in [0.1, 0.15) is 24.7 Å². The van der Waals surface area contributed by atoms with Crippen LogP contribution in [0.2, 0.25) is 0 Å². The van der Waals surface area contributed by atoms with E-state index in [2.05, 4.69) is 24.5 Å². The largest absolute Gasteiger partial charge is 0.489 e. The molecule has 64 heavy (non-hydrogen) atoms. The van der Waals surface area contributed by atoms with E-state index in [0.717, 1.165) is 46.6 Å². The lowest BCUT2D eigenvalue weighted by Crippen LogP contribution is -2.59. The Bertz CT molecular complexity index is 2350. The van der Waals surface area contributed by atoms with Crippen LogP contribution in [0, 0.1) is 0 Å². The Morgan fingerprint density at radius 2 is 0.953 bits per heavy atom. The Hall–Kier alpha value is -6.23. The predicted octanol–water partition coefficient (Wildman–Crippen LogP) is 10.2. The number of hydrogen-bond acceptors (Lipinski definition) is 9. The van der Waals surface area contributed by atoms with Crippen LogP contribution in [0.4, 0.5) is 0 Å². The highest BCUT2D eigenvalue weighted by Crippen LogP contribution is 2.40. The van der Waals surface area contributed by atoms with E-state index >= 15 is 4.79 Å². The molecule has 0 saturated carbocycles. The number of Topliss-reactive ketones (excluding diaryl/α,β-unsaturated/α-hetero) is 3. The molecule has 6 aromatic rings. The summed E-state index contributed by atoms with van der Waals surface area (Å²) in [5.74, 6) is 0.931. The number of carbonyl (C=O) groups excluding carboxylic acids is 3. The van der Waals surface area contributed by atoms with E-state index in [1.807, 2.05) is 121 Å². The van der Waals surface area contributed by atoms with Gasteiger partial charge in [0.2, 0.25) is 17.2 Å². The molecule has 0 spiro atoms. The maximum Gasteiger partial charge on any atom is 0.235 e. The summed E-state index contributed by atoms with van der Waals surface area (Å²) in [4.78, 5) is 43.5. The van der Waals surface area contributed by atoms with E-state index in [9.17, 15) is 9.59 Å². The zero-order valence-corrected chi connectivity index (χ0v) is 36.6. The van der Waals surface area contributed by atoms with Crippen LogP contribution < -0.4 is 20.1 Å². The molecular weight excluding hydrogens is 801 g/mol. The third-order valence-electron chi connectivity index (χ3n) is 12.4. The smallest absolute Gasteiger partial charge is 0.235 e. The molecule has 328 valence electrons. The highest BCUT2D eigenvalue weighted by molar-refractivity contribution is 6.00. The second-order valence-corrected chi connectivity index (χ2v) is 16.6. The molecular formula is C55H56N2O7. The van der Waals surface area contributed by atoms with Crippen molar-refractivity contribution in [3.63, 3.8) is 0 Å². The Morgan fingerprint density at radius 1 is 0.531 bits per heavy atom. The second kappa shape index (κ2) is 20.5. The topological polar surface area (TPSA) is 112 Å². The summed E-state index contributed by atoms with van der Waals surface area (Å²) in [6.07, 6.45) is 2.06. The van der Waals surface area contributed by atoms with Crippen LogP contribution in [0.5, 0.6) is 11.5 Å². The average molecular weight is 857 g/mol. The van der Waals surface area contributed by atoms with Crippen molar-refractivity contribution in [2.75, 3.05) is 26.3 Å². The quantitative estimate of drug-likeness (QED) is 0.0725. The van der Waals surface area contributed by atoms with Crippen LogP contribution in [-0.4, -0.2) is 43.7 Å². The number of rotatable bonds is 20. The average Bonchev–Trinajstić information content (AvgIpc) is 4.07. The molecule has 0 radical (unpaired) electrons. The van der Waals surface area contributed by atoms with E-state index in [1.165, 1.54) is 0 Å². The summed E-state index contributed by atoms with van der Waals surface area (Å²) in [5, 5.41) is 6.70. The number of benzene rings is 6. The van der Waals surface area contributed by atoms with E-state index in [0.29, 0.717) is 48.6 Å². The third kappa shape index (κ3) is 9.93. The normalized spacial score (nSPS) is 19.2. The highest BCUT2D eigenvalue weighted by atomic mass is 16.6. The predicted molar refractivity (Wildman–Crippen MR) is 248 cm³/mol. The summed E-state index contributed by atoms with van der Waals surface area (Å²) >= 11 is 0. The minimum Gasteiger partial charge on any atom is -0.489 e. The molecule has 8 rings (SSSR count). The molecule has 2 heterocycles. The summed E-state index contributed by atoms with van der Waals surface area (Å²) in [6.45, 7) is 6.44. The maximum atomic E-state index is 15.3. The zero-order chi connectivity index (χ0) is 44.4. The minimum absolute atomic E-state index is 0.0427. The molecule has 2 fully saturated rings. The number of ketones is 3. The van der Waals surface area contributed by atoms with E-state index in [4.69, 9.17) is 18.9 Å². The van der Waals surface area contributed by atoms with Crippen LogP contribution in [0.25, 0.3) is 0 Å². The Kier molecular flexibility index (Phi) is 14.2. The number of nitrogens with one attached hydrogen (secondary N) is 2. The van der Waals surface area contributed by atoms with Gasteiger partial charge in [-0.05, 0) is 83.3 Å². The summed E-state index contributed by atoms with van der Waals surface area (Å²) < 4.78 is 25.0. The molecule has 9 heteroatoms. The lowest BCUT2D eigenvalue weighted by Gasteiger charge is -2.37. The molecule has 6 aromatic carbocycles. The van der Waals surface area contributed by atoms with Crippen LogP contribution >= 0.6 is 0 Å². The van der Waals surface area contributed by atoms with Crippen LogP contribution in [0.1, 0.15) is 105 Å². The minimum atomic E-state index is -1.62. The molecule has 4 atom stereocenters. The molecule has 2 unspecified atom stereocenters. The first kappa shape index (κ1) is 44.4. The fraction of sp³-hybridized carbons (Fsp3) is 0.291. The van der Waals surface area contributed by atoms with E-state index < -0.39 is 17.2 Å². The Balaban J connectivity index is 0.990. The van der Waals surface area contributed by atoms with Crippen LogP contribution in [0.15, 0.2) is 158 Å². The molecule has 0 bridgehead atoms. The van der Waals surface area contributed by atoms with Crippen molar-refractivity contribution in [1.82, 2.24) is 10.6 Å². The molecule has 0 aliphatic carbocycles. The van der Waals surface area contributed by atoms with Gasteiger partial charge in [-0.1, -0.05) is 135 Å². The van der Waals surface area contributed by atoms with Gasteiger partial charge in [-0.3, -0.25) is 25.0 Å². The Morgan fingerprint density at radius 3 is 1.34 bits per heavy atom. The van der Waals surface area contributed by atoms with Gasteiger partial charge in [-0.25, -0.2) is 0 Å². The first-order valence-corrected chi connectivity index (χ1v) is 22.4. The van der Waals surface area contributed by atoms with Gasteiger partial charge in [0.25, 0.3) is 0 Å². The van der Waals surface area contributed by atoms with Crippen molar-refractivity contribution < 1.29 is 33.3 Å². The third-order valence-corrected chi connectivity index (χ3v) is 12.4. The van der Waals surface area contributed by atoms with Gasteiger partial charge >= 0.3 is 0 Å². The van der Waals surface area contributed by atoms with Gasteiger partial charge in [0, 0.05) is 48.2 Å². The lowest BCUT2D eigenvalue weighted by molar-refractivity contribution is -0.168. The highest BCUT2D eigenvalue weighted by Gasteiger charge is 2.57. The first-order valence-electron chi connectivity index (χ1n) is 22.4. The van der Waals surface area contributed by atoms with E-state index in [1.54, 1.807) is 36.4 Å². The summed E-state index contributed by atoms with van der Waals surface area (Å²) in [7, 11) is 0.